The molecule has 3 N–H and O–H groups in total. The summed E-state index contributed by atoms with van der Waals surface area (Å²) in [5, 5.41) is 6.89. The Bertz CT molecular complexity index is 48.4. The molecule has 1 saturated carbocycles. The van der Waals surface area contributed by atoms with Crippen LogP contribution in [0.25, 0.3) is 0 Å². The fourth-order valence-electron chi connectivity index (χ4n) is 1.06. The van der Waals surface area contributed by atoms with Gasteiger partial charge in [0.25, 0.3) is 6.47 Å². The molecule has 0 unspecified atom stereocenters. The van der Waals surface area contributed by atoms with Gasteiger partial charge in [-0.2, -0.15) is 0 Å². The van der Waals surface area contributed by atoms with E-state index in [1.54, 1.807) is 0 Å². The zero-order valence-corrected chi connectivity index (χ0v) is 6.18. The maximum absolute atomic E-state index is 8.36. The third-order valence-electron chi connectivity index (χ3n) is 1.50. The van der Waals surface area contributed by atoms with Crippen LogP contribution in [0.5, 0.6) is 0 Å². The van der Waals surface area contributed by atoms with Crippen molar-refractivity contribution in [1.29, 1.82) is 0 Å². The van der Waals surface area contributed by atoms with E-state index in [-0.39, 0.29) is 11.9 Å². The first-order valence-corrected chi connectivity index (χ1v) is 3.49. The Labute approximate surface area is 61.4 Å². The summed E-state index contributed by atoms with van der Waals surface area (Å²) in [5.41, 5.74) is 0. The van der Waals surface area contributed by atoms with E-state index >= 15 is 0 Å². The predicted octanol–water partition coefficient (Wildman–Crippen LogP) is 1.22. The summed E-state index contributed by atoms with van der Waals surface area (Å²) in [7, 11) is 0. The molecule has 0 aromatic carbocycles. The van der Waals surface area contributed by atoms with E-state index in [4.69, 9.17) is 9.90 Å². The maximum atomic E-state index is 8.36. The van der Waals surface area contributed by atoms with Crippen molar-refractivity contribution in [2.45, 2.75) is 38.5 Å². The third kappa shape index (κ3) is 10.4. The Morgan fingerprint density at radius 1 is 0.900 bits per heavy atom. The molecule has 10 heavy (non-hydrogen) atoms. The number of carbonyl (C=O) groups is 1. The van der Waals surface area contributed by atoms with Gasteiger partial charge in [-0.1, -0.05) is 38.5 Å². The van der Waals surface area contributed by atoms with Crippen LogP contribution < -0.4 is 0 Å². The van der Waals surface area contributed by atoms with Crippen LogP contribution >= 0.6 is 0 Å². The number of hydrogen-bond acceptors (Lipinski definition) is 1. The number of carboxylic acid groups (broad SMARTS) is 1. The van der Waals surface area contributed by atoms with E-state index in [9.17, 15) is 0 Å². The molecular weight excluding hydrogens is 132 g/mol. The van der Waals surface area contributed by atoms with E-state index in [0.717, 1.165) is 0 Å². The van der Waals surface area contributed by atoms with Crippen molar-refractivity contribution >= 4 is 6.47 Å². The van der Waals surface area contributed by atoms with Crippen molar-refractivity contribution in [3.63, 3.8) is 0 Å². The van der Waals surface area contributed by atoms with Crippen LogP contribution in [-0.4, -0.2) is 17.1 Å². The highest BCUT2D eigenvalue weighted by atomic mass is 16.3. The van der Waals surface area contributed by atoms with Gasteiger partial charge < -0.3 is 10.6 Å². The second kappa shape index (κ2) is 11.3. The Kier molecular flexibility index (Phi) is 13.7. The molecule has 1 aliphatic rings. The van der Waals surface area contributed by atoms with E-state index in [1.807, 2.05) is 0 Å². The van der Waals surface area contributed by atoms with Crippen LogP contribution in [0.4, 0.5) is 0 Å². The van der Waals surface area contributed by atoms with E-state index < -0.39 is 0 Å². The summed E-state index contributed by atoms with van der Waals surface area (Å²) < 4.78 is 0. The molecule has 0 saturated heterocycles. The van der Waals surface area contributed by atoms with Crippen LogP contribution in [-0.2, 0) is 4.79 Å². The second-order valence-electron chi connectivity index (χ2n) is 2.23. The summed E-state index contributed by atoms with van der Waals surface area (Å²) >= 11 is 0. The molecular formula is C7H16O3. The normalized spacial score (nSPS) is 15.6. The largest absolute Gasteiger partial charge is 0.483 e. The highest BCUT2D eigenvalue weighted by Gasteiger charge is 1.95. The van der Waals surface area contributed by atoms with Gasteiger partial charge in [-0.05, 0) is 0 Å². The summed E-state index contributed by atoms with van der Waals surface area (Å²) in [6.07, 6.45) is 9.00. The van der Waals surface area contributed by atoms with E-state index in [1.165, 1.54) is 38.5 Å². The Morgan fingerprint density at radius 3 is 1.10 bits per heavy atom. The lowest BCUT2D eigenvalue weighted by molar-refractivity contribution is -0.122. The van der Waals surface area contributed by atoms with Crippen LogP contribution in [0.2, 0.25) is 0 Å². The van der Waals surface area contributed by atoms with Gasteiger partial charge in [0, 0.05) is 0 Å². The van der Waals surface area contributed by atoms with Crippen molar-refractivity contribution < 1.29 is 15.4 Å². The zero-order chi connectivity index (χ0) is 6.95. The maximum Gasteiger partial charge on any atom is 0.290 e. The van der Waals surface area contributed by atoms with E-state index in [2.05, 4.69) is 0 Å². The van der Waals surface area contributed by atoms with E-state index in [0.29, 0.717) is 0 Å². The van der Waals surface area contributed by atoms with Gasteiger partial charge >= 0.3 is 0 Å². The molecule has 0 aromatic rings. The molecule has 3 nitrogen and oxygen atoms in total. The van der Waals surface area contributed by atoms with Crippen molar-refractivity contribution in [2.24, 2.45) is 0 Å². The zero-order valence-electron chi connectivity index (χ0n) is 6.18. The Balaban J connectivity index is 0. The first kappa shape index (κ1) is 12.1. The highest BCUT2D eigenvalue weighted by Crippen LogP contribution is 2.15. The molecule has 0 radical (unpaired) electrons. The van der Waals surface area contributed by atoms with Crippen LogP contribution in [0.15, 0.2) is 0 Å². The molecule has 3 heteroatoms. The molecule has 0 amide bonds. The molecule has 62 valence electrons. The van der Waals surface area contributed by atoms with Crippen LogP contribution in [0.1, 0.15) is 38.5 Å². The smallest absolute Gasteiger partial charge is 0.290 e. The van der Waals surface area contributed by atoms with Gasteiger partial charge in [0.2, 0.25) is 0 Å². The lowest BCUT2D eigenvalue weighted by Gasteiger charge is -2.05. The molecule has 1 fully saturated rings. The molecule has 0 heterocycles. The predicted molar refractivity (Wildman–Crippen MR) is 40.0 cm³/mol. The molecule has 0 aliphatic heterocycles. The van der Waals surface area contributed by atoms with Gasteiger partial charge in [0.05, 0.1) is 0 Å². The third-order valence-corrected chi connectivity index (χ3v) is 1.50. The topological polar surface area (TPSA) is 68.8 Å². The molecule has 1 rings (SSSR count). The van der Waals surface area contributed by atoms with Crippen molar-refractivity contribution in [3.05, 3.63) is 0 Å². The number of hydrogen-bond donors (Lipinski definition) is 1. The molecule has 0 aromatic heterocycles. The Hall–Kier alpha value is -0.570. The summed E-state index contributed by atoms with van der Waals surface area (Å²) in [5.74, 6) is 0. The first-order chi connectivity index (χ1) is 4.41. The highest BCUT2D eigenvalue weighted by molar-refractivity contribution is 5.32. The summed E-state index contributed by atoms with van der Waals surface area (Å²) in [6, 6.07) is 0. The fourth-order valence-corrected chi connectivity index (χ4v) is 1.06. The minimum absolute atomic E-state index is 0. The van der Waals surface area contributed by atoms with Gasteiger partial charge in [0.15, 0.2) is 0 Å². The Morgan fingerprint density at radius 2 is 1.00 bits per heavy atom. The quantitative estimate of drug-likeness (QED) is 0.525. The van der Waals surface area contributed by atoms with Crippen LogP contribution in [0, 0.1) is 0 Å². The van der Waals surface area contributed by atoms with Crippen LogP contribution in [0.3, 0.4) is 0 Å². The fraction of sp³-hybridized carbons (Fsp3) is 0.857. The molecule has 0 atom stereocenters. The average Bonchev–Trinajstić information content (AvgIpc) is 1.93. The SMILES string of the molecule is C1CCCCC1.O.O=CO. The molecule has 0 bridgehead atoms. The van der Waals surface area contributed by atoms with Gasteiger partial charge in [-0.15, -0.1) is 0 Å². The van der Waals surface area contributed by atoms with Gasteiger partial charge in [-0.25, -0.2) is 0 Å². The van der Waals surface area contributed by atoms with Crippen molar-refractivity contribution in [3.8, 4) is 0 Å². The van der Waals surface area contributed by atoms with Crippen molar-refractivity contribution in [2.75, 3.05) is 0 Å². The standard InChI is InChI=1S/C6H12.CH2O2.H2O/c1-2-4-6-5-3-1;2-1-3;/h1-6H2;1H,(H,2,3);1H2. The van der Waals surface area contributed by atoms with Crippen molar-refractivity contribution in [1.82, 2.24) is 0 Å². The molecule has 1 aliphatic carbocycles. The lowest BCUT2D eigenvalue weighted by Crippen LogP contribution is -1.85. The minimum Gasteiger partial charge on any atom is -0.483 e. The van der Waals surface area contributed by atoms with Gasteiger partial charge in [0.1, 0.15) is 0 Å². The number of rotatable bonds is 0. The average molecular weight is 148 g/mol. The minimum atomic E-state index is -0.250. The second-order valence-corrected chi connectivity index (χ2v) is 2.23. The first-order valence-electron chi connectivity index (χ1n) is 3.49. The monoisotopic (exact) mass is 148 g/mol. The lowest BCUT2D eigenvalue weighted by atomic mass is 10.0. The summed E-state index contributed by atoms with van der Waals surface area (Å²) in [6.45, 7) is -0.250. The molecule has 0 spiro atoms. The van der Waals surface area contributed by atoms with Gasteiger partial charge in [-0.3, -0.25) is 4.79 Å². The summed E-state index contributed by atoms with van der Waals surface area (Å²) in [4.78, 5) is 8.36.